The molecule has 37 heavy (non-hydrogen) atoms. The fourth-order valence-corrected chi connectivity index (χ4v) is 7.61. The summed E-state index contributed by atoms with van der Waals surface area (Å²) in [4.78, 5) is 44.5. The summed E-state index contributed by atoms with van der Waals surface area (Å²) >= 11 is 6.41. The molecule has 2 aliphatic carbocycles. The summed E-state index contributed by atoms with van der Waals surface area (Å²) in [7, 11) is 0. The molecule has 0 spiro atoms. The van der Waals surface area contributed by atoms with Gasteiger partial charge in [0.15, 0.2) is 5.78 Å². The molecule has 1 saturated heterocycles. The van der Waals surface area contributed by atoms with Crippen molar-refractivity contribution in [3.8, 4) is 0 Å². The van der Waals surface area contributed by atoms with Crippen molar-refractivity contribution in [3.05, 3.63) is 101 Å². The van der Waals surface area contributed by atoms with Gasteiger partial charge in [0, 0.05) is 5.02 Å². The van der Waals surface area contributed by atoms with Crippen molar-refractivity contribution in [2.75, 3.05) is 4.90 Å². The van der Waals surface area contributed by atoms with Crippen LogP contribution in [0.1, 0.15) is 43.4 Å². The normalized spacial score (nSPS) is 28.4. The first-order valence-corrected chi connectivity index (χ1v) is 13.3. The summed E-state index contributed by atoms with van der Waals surface area (Å²) < 4.78 is 0. The van der Waals surface area contributed by atoms with Gasteiger partial charge in [-0.25, -0.2) is 4.90 Å². The number of rotatable bonds is 5. The Balaban J connectivity index is 1.66. The van der Waals surface area contributed by atoms with Crippen LogP contribution in [0.15, 0.2) is 78.9 Å². The molecule has 4 atom stereocenters. The maximum atomic E-state index is 14.7. The highest BCUT2D eigenvalue weighted by Crippen LogP contribution is 2.75. The standard InChI is InChI=1S/C32H28ClNO3/c1-4-31-24(20-12-8-6-9-13-20)25(21-14-10-7-11-15-21)32(5-2,30(31)37)27-26(31)28(35)34(29(27)36)22-17-16-19(3)23(33)18-22/h6-18,26-27H,4-5H2,1-3H3/t26-,27+,31-,32-/m0/s1. The Morgan fingerprint density at radius 3 is 1.59 bits per heavy atom. The molecule has 2 amide bonds. The zero-order chi connectivity index (χ0) is 26.1. The summed E-state index contributed by atoms with van der Waals surface area (Å²) in [6, 6.07) is 25.1. The van der Waals surface area contributed by atoms with Gasteiger partial charge in [-0.05, 0) is 59.7 Å². The van der Waals surface area contributed by atoms with Crippen LogP contribution in [0.25, 0.3) is 11.1 Å². The third-order valence-corrected chi connectivity index (χ3v) is 9.38. The smallest absolute Gasteiger partial charge is 0.239 e. The van der Waals surface area contributed by atoms with Gasteiger partial charge in [0.2, 0.25) is 11.8 Å². The lowest BCUT2D eigenvalue weighted by Crippen LogP contribution is -2.41. The highest BCUT2D eigenvalue weighted by Gasteiger charge is 2.80. The van der Waals surface area contributed by atoms with Crippen LogP contribution >= 0.6 is 11.6 Å². The van der Waals surface area contributed by atoms with E-state index >= 15 is 0 Å². The molecule has 0 radical (unpaired) electrons. The van der Waals surface area contributed by atoms with E-state index in [1.165, 1.54) is 4.90 Å². The zero-order valence-electron chi connectivity index (χ0n) is 21.1. The van der Waals surface area contributed by atoms with Crippen molar-refractivity contribution >= 4 is 46.0 Å². The molecule has 3 aliphatic rings. The Kier molecular flexibility index (Phi) is 5.33. The average Bonchev–Trinajstić information content (AvgIpc) is 3.42. The molecule has 186 valence electrons. The molecule has 1 aliphatic heterocycles. The number of ketones is 1. The maximum absolute atomic E-state index is 14.7. The lowest BCUT2D eigenvalue weighted by atomic mass is 9.60. The Morgan fingerprint density at radius 2 is 1.19 bits per heavy atom. The summed E-state index contributed by atoms with van der Waals surface area (Å²) in [6.45, 7) is 5.83. The monoisotopic (exact) mass is 509 g/mol. The van der Waals surface area contributed by atoms with Gasteiger partial charge in [0.1, 0.15) is 0 Å². The van der Waals surface area contributed by atoms with Crippen molar-refractivity contribution in [1.82, 2.24) is 0 Å². The number of imide groups is 1. The summed E-state index contributed by atoms with van der Waals surface area (Å²) in [6.07, 6.45) is 0.883. The van der Waals surface area contributed by atoms with E-state index in [-0.39, 0.29) is 17.6 Å². The predicted octanol–water partition coefficient (Wildman–Crippen LogP) is 6.75. The maximum Gasteiger partial charge on any atom is 0.239 e. The first kappa shape index (κ1) is 23.9. The number of hydrogen-bond donors (Lipinski definition) is 0. The van der Waals surface area contributed by atoms with Gasteiger partial charge in [-0.1, -0.05) is 92.2 Å². The minimum Gasteiger partial charge on any atom is -0.298 e. The van der Waals surface area contributed by atoms with Crippen LogP contribution in [0.3, 0.4) is 0 Å². The number of allylic oxidation sites excluding steroid dienone is 2. The van der Waals surface area contributed by atoms with Crippen molar-refractivity contribution in [2.24, 2.45) is 22.7 Å². The Bertz CT molecular complexity index is 1410. The summed E-state index contributed by atoms with van der Waals surface area (Å²) in [5.41, 5.74) is 2.85. The molecule has 0 aromatic heterocycles. The molecule has 0 N–H and O–H groups in total. The molecule has 3 aromatic rings. The zero-order valence-corrected chi connectivity index (χ0v) is 21.9. The van der Waals surface area contributed by atoms with Gasteiger partial charge in [0.25, 0.3) is 0 Å². The van der Waals surface area contributed by atoms with E-state index in [4.69, 9.17) is 11.6 Å². The first-order chi connectivity index (χ1) is 17.8. The van der Waals surface area contributed by atoms with Crippen molar-refractivity contribution in [3.63, 3.8) is 0 Å². The topological polar surface area (TPSA) is 54.5 Å². The molecule has 5 heteroatoms. The van der Waals surface area contributed by atoms with E-state index < -0.39 is 22.7 Å². The number of anilines is 1. The second-order valence-corrected chi connectivity index (χ2v) is 10.8. The molecular formula is C32H28ClNO3. The second-order valence-electron chi connectivity index (χ2n) is 10.4. The SMILES string of the molecule is CC[C@]12C(=O)[C@@](CC)(C(c3ccccc3)=C1c1ccccc1)[C@H]1C(=O)N(c3ccc(C)c(Cl)c3)C(=O)[C@H]12. The van der Waals surface area contributed by atoms with Crippen LogP contribution in [-0.2, 0) is 14.4 Å². The molecule has 3 aromatic carbocycles. The Labute approximate surface area is 221 Å². The summed E-state index contributed by atoms with van der Waals surface area (Å²) in [5, 5.41) is 0.498. The lowest BCUT2D eigenvalue weighted by Gasteiger charge is -2.38. The van der Waals surface area contributed by atoms with Crippen LogP contribution < -0.4 is 4.90 Å². The van der Waals surface area contributed by atoms with E-state index in [0.29, 0.717) is 23.6 Å². The highest BCUT2D eigenvalue weighted by molar-refractivity contribution is 6.35. The average molecular weight is 510 g/mol. The Hall–Kier alpha value is -3.50. The number of amides is 2. The number of benzene rings is 3. The third-order valence-electron chi connectivity index (χ3n) is 8.97. The van der Waals surface area contributed by atoms with E-state index in [9.17, 15) is 14.4 Å². The summed E-state index contributed by atoms with van der Waals surface area (Å²) in [5.74, 6) is -2.09. The van der Waals surface area contributed by atoms with Gasteiger partial charge < -0.3 is 0 Å². The van der Waals surface area contributed by atoms with Gasteiger partial charge >= 0.3 is 0 Å². The number of halogens is 1. The molecule has 4 nitrogen and oxygen atoms in total. The minimum atomic E-state index is -1.08. The minimum absolute atomic E-state index is 0.0148. The number of nitrogens with zero attached hydrogens (tertiary/aromatic N) is 1. The van der Waals surface area contributed by atoms with Crippen LogP contribution in [0, 0.1) is 29.6 Å². The first-order valence-electron chi connectivity index (χ1n) is 12.9. The molecule has 1 heterocycles. The highest BCUT2D eigenvalue weighted by atomic mass is 35.5. The van der Waals surface area contributed by atoms with E-state index in [2.05, 4.69) is 0 Å². The van der Waals surface area contributed by atoms with Gasteiger partial charge in [-0.15, -0.1) is 0 Å². The van der Waals surface area contributed by atoms with E-state index in [0.717, 1.165) is 27.8 Å². The van der Waals surface area contributed by atoms with E-state index in [1.54, 1.807) is 12.1 Å². The van der Waals surface area contributed by atoms with Crippen molar-refractivity contribution in [2.45, 2.75) is 33.6 Å². The number of aryl methyl sites for hydroxylation is 1. The van der Waals surface area contributed by atoms with Crippen LogP contribution in [-0.4, -0.2) is 17.6 Å². The quantitative estimate of drug-likeness (QED) is 0.357. The predicted molar refractivity (Wildman–Crippen MR) is 146 cm³/mol. The van der Waals surface area contributed by atoms with Crippen LogP contribution in [0.4, 0.5) is 5.69 Å². The molecule has 2 fully saturated rings. The van der Waals surface area contributed by atoms with Gasteiger partial charge in [-0.3, -0.25) is 14.4 Å². The second kappa shape index (κ2) is 8.26. The molecule has 6 rings (SSSR count). The molecule has 2 bridgehead atoms. The van der Waals surface area contributed by atoms with Crippen molar-refractivity contribution < 1.29 is 14.4 Å². The largest absolute Gasteiger partial charge is 0.298 e. The van der Waals surface area contributed by atoms with E-state index in [1.807, 2.05) is 87.5 Å². The Morgan fingerprint density at radius 1 is 0.730 bits per heavy atom. The fourth-order valence-electron chi connectivity index (χ4n) is 7.43. The third kappa shape index (κ3) is 2.82. The lowest BCUT2D eigenvalue weighted by molar-refractivity contribution is -0.134. The number of carbonyl (C=O) groups is 3. The van der Waals surface area contributed by atoms with Crippen molar-refractivity contribution in [1.29, 1.82) is 0 Å². The fraction of sp³-hybridized carbons (Fsp3) is 0.281. The molecule has 1 saturated carbocycles. The number of hydrogen-bond acceptors (Lipinski definition) is 3. The van der Waals surface area contributed by atoms with Gasteiger partial charge in [-0.2, -0.15) is 0 Å². The van der Waals surface area contributed by atoms with Crippen LogP contribution in [0.2, 0.25) is 5.02 Å². The molecular weight excluding hydrogens is 482 g/mol. The molecule has 0 unspecified atom stereocenters. The number of Topliss-reactive ketones (excluding diaryl/α,β-unsaturated/α-hetero) is 1. The number of carbonyl (C=O) groups excluding carboxylic acids is 3. The van der Waals surface area contributed by atoms with Crippen LogP contribution in [0.5, 0.6) is 0 Å². The number of fused-ring (bicyclic) bond motifs is 5. The van der Waals surface area contributed by atoms with Gasteiger partial charge in [0.05, 0.1) is 28.4 Å².